The number of halogens is 1. The summed E-state index contributed by atoms with van der Waals surface area (Å²) in [7, 11) is -3.44. The number of anilines is 1. The molecule has 1 aromatic carbocycles. The molecule has 0 spiro atoms. The van der Waals surface area contributed by atoms with E-state index in [-0.39, 0.29) is 16.2 Å². The van der Waals surface area contributed by atoms with Crippen molar-refractivity contribution in [2.45, 2.75) is 74.0 Å². The van der Waals surface area contributed by atoms with Crippen LogP contribution in [0.1, 0.15) is 63.4 Å². The van der Waals surface area contributed by atoms with Crippen molar-refractivity contribution in [3.63, 3.8) is 0 Å². The van der Waals surface area contributed by atoms with E-state index in [9.17, 15) is 13.2 Å². The third-order valence-corrected chi connectivity index (χ3v) is 10.9. The molecule has 1 aromatic rings. The number of fused-ring (bicyclic) bond motifs is 1. The van der Waals surface area contributed by atoms with Crippen LogP contribution in [-0.4, -0.2) is 43.1 Å². The largest absolute Gasteiger partial charge is 0.312 e. The molecule has 7 rings (SSSR count). The molecule has 7 heteroatoms. The molecule has 0 N–H and O–H groups in total. The quantitative estimate of drug-likeness (QED) is 0.628. The molecule has 6 aliphatic rings. The summed E-state index contributed by atoms with van der Waals surface area (Å²) in [6, 6.07) is 5.41. The van der Waals surface area contributed by atoms with E-state index in [2.05, 4.69) is 0 Å². The predicted octanol–water partition coefficient (Wildman–Crippen LogP) is 4.33. The Labute approximate surface area is 190 Å². The summed E-state index contributed by atoms with van der Waals surface area (Å²) in [4.78, 5) is 16.1. The third-order valence-electron chi connectivity index (χ3n) is 8.56. The SMILES string of the molecule is O=C(N1CCCc2cc(S(=O)(=O)N3CCCC3)ccc21)C12C[C@H]3C[C@@H](CC(Cl)(C3)C1)C2. The number of nitrogens with zero attached hydrogens (tertiary/aromatic N) is 2. The number of hydrogen-bond donors (Lipinski definition) is 0. The van der Waals surface area contributed by atoms with Crippen LogP contribution in [0, 0.1) is 17.3 Å². The van der Waals surface area contributed by atoms with Crippen LogP contribution in [0.25, 0.3) is 0 Å². The molecule has 4 saturated carbocycles. The Bertz CT molecular complexity index is 1020. The number of carbonyl (C=O) groups is 1. The number of rotatable bonds is 3. The molecule has 2 atom stereocenters. The van der Waals surface area contributed by atoms with Crippen molar-refractivity contribution in [2.24, 2.45) is 17.3 Å². The van der Waals surface area contributed by atoms with Gasteiger partial charge in [-0.3, -0.25) is 4.79 Å². The normalized spacial score (nSPS) is 37.3. The molecule has 168 valence electrons. The van der Waals surface area contributed by atoms with Crippen LogP contribution in [0.5, 0.6) is 0 Å². The minimum absolute atomic E-state index is 0.188. The highest BCUT2D eigenvalue weighted by molar-refractivity contribution is 7.89. The Hall–Kier alpha value is -1.11. The van der Waals surface area contributed by atoms with Gasteiger partial charge in [0.15, 0.2) is 0 Å². The first-order chi connectivity index (χ1) is 14.8. The second kappa shape index (κ2) is 6.94. The highest BCUT2D eigenvalue weighted by Gasteiger charge is 2.61. The van der Waals surface area contributed by atoms with Crippen LogP contribution in [-0.2, 0) is 21.2 Å². The summed E-state index contributed by atoms with van der Waals surface area (Å²) in [5.74, 6) is 1.41. The zero-order valence-electron chi connectivity index (χ0n) is 18.0. The van der Waals surface area contributed by atoms with Crippen LogP contribution in [0.3, 0.4) is 0 Å². The number of amides is 1. The topological polar surface area (TPSA) is 57.7 Å². The van der Waals surface area contributed by atoms with Crippen molar-refractivity contribution >= 4 is 33.2 Å². The minimum Gasteiger partial charge on any atom is -0.312 e. The zero-order valence-corrected chi connectivity index (χ0v) is 19.6. The van der Waals surface area contributed by atoms with Gasteiger partial charge in [-0.05, 0) is 99.8 Å². The van der Waals surface area contributed by atoms with Crippen molar-refractivity contribution in [1.82, 2.24) is 4.31 Å². The molecule has 5 nitrogen and oxygen atoms in total. The Kier molecular flexibility index (Phi) is 4.59. The Morgan fingerprint density at radius 1 is 1.00 bits per heavy atom. The fourth-order valence-corrected chi connectivity index (χ4v) is 9.97. The summed E-state index contributed by atoms with van der Waals surface area (Å²) >= 11 is 6.99. The van der Waals surface area contributed by atoms with Crippen LogP contribution >= 0.6 is 11.6 Å². The van der Waals surface area contributed by atoms with E-state index in [0.29, 0.717) is 29.8 Å². The predicted molar refractivity (Wildman–Crippen MR) is 121 cm³/mol. The zero-order chi connectivity index (χ0) is 21.4. The first kappa shape index (κ1) is 20.5. The lowest BCUT2D eigenvalue weighted by Gasteiger charge is -2.60. The number of sulfonamides is 1. The van der Waals surface area contributed by atoms with Crippen LogP contribution < -0.4 is 4.90 Å². The van der Waals surface area contributed by atoms with Crippen molar-refractivity contribution in [3.05, 3.63) is 23.8 Å². The van der Waals surface area contributed by atoms with Gasteiger partial charge in [-0.1, -0.05) is 0 Å². The molecular weight excluding hydrogens is 432 g/mol. The molecule has 31 heavy (non-hydrogen) atoms. The fourth-order valence-electron chi connectivity index (χ4n) is 7.71. The number of benzene rings is 1. The maximum Gasteiger partial charge on any atom is 0.243 e. The smallest absolute Gasteiger partial charge is 0.243 e. The molecule has 2 heterocycles. The van der Waals surface area contributed by atoms with Crippen LogP contribution in [0.2, 0.25) is 0 Å². The first-order valence-corrected chi connectivity index (χ1v) is 13.7. The van der Waals surface area contributed by atoms with E-state index in [4.69, 9.17) is 11.6 Å². The number of hydrogen-bond acceptors (Lipinski definition) is 3. The molecule has 4 aliphatic carbocycles. The maximum absolute atomic E-state index is 14.0. The molecule has 1 saturated heterocycles. The second-order valence-corrected chi connectivity index (χ2v) is 13.6. The van der Waals surface area contributed by atoms with E-state index < -0.39 is 10.0 Å². The van der Waals surface area contributed by atoms with Gasteiger partial charge in [0, 0.05) is 30.2 Å². The lowest BCUT2D eigenvalue weighted by atomic mass is 9.49. The van der Waals surface area contributed by atoms with Crippen molar-refractivity contribution < 1.29 is 13.2 Å². The minimum atomic E-state index is -3.44. The summed E-state index contributed by atoms with van der Waals surface area (Å²) in [5.41, 5.74) is 1.59. The molecule has 5 fully saturated rings. The third kappa shape index (κ3) is 3.19. The standard InChI is InChI=1S/C24H31ClN2O3S/c25-24-14-17-10-18(15-24)13-23(12-17,16-24)22(28)27-9-3-4-19-11-20(5-6-21(19)27)31(29,30)26-7-1-2-8-26/h5-6,11,17-18H,1-4,7-10,12-16H2/t17-,18-,23?,24?/m1/s1. The van der Waals surface area contributed by atoms with Crippen molar-refractivity contribution in [3.8, 4) is 0 Å². The van der Waals surface area contributed by atoms with Crippen LogP contribution in [0.4, 0.5) is 5.69 Å². The fraction of sp³-hybridized carbons (Fsp3) is 0.708. The monoisotopic (exact) mass is 462 g/mol. The molecule has 1 amide bonds. The number of aryl methyl sites for hydroxylation is 1. The number of alkyl halides is 1. The van der Waals surface area contributed by atoms with E-state index in [1.807, 2.05) is 17.0 Å². The van der Waals surface area contributed by atoms with Gasteiger partial charge in [-0.15, -0.1) is 11.6 Å². The average molecular weight is 463 g/mol. The van der Waals surface area contributed by atoms with Gasteiger partial charge >= 0.3 is 0 Å². The van der Waals surface area contributed by atoms with Gasteiger partial charge in [0.25, 0.3) is 0 Å². The molecule has 0 radical (unpaired) electrons. The summed E-state index contributed by atoms with van der Waals surface area (Å²) in [6.07, 6.45) is 9.67. The van der Waals surface area contributed by atoms with Gasteiger partial charge in [0.2, 0.25) is 15.9 Å². The Morgan fingerprint density at radius 3 is 2.39 bits per heavy atom. The van der Waals surface area contributed by atoms with E-state index >= 15 is 0 Å². The average Bonchev–Trinajstić information content (AvgIpc) is 3.26. The van der Waals surface area contributed by atoms with Crippen molar-refractivity contribution in [1.29, 1.82) is 0 Å². The van der Waals surface area contributed by atoms with Gasteiger partial charge in [0.1, 0.15) is 0 Å². The van der Waals surface area contributed by atoms with Gasteiger partial charge < -0.3 is 4.90 Å². The summed E-state index contributed by atoms with van der Waals surface area (Å²) < 4.78 is 27.7. The van der Waals surface area contributed by atoms with Gasteiger partial charge in [-0.2, -0.15) is 4.31 Å². The highest BCUT2D eigenvalue weighted by atomic mass is 35.5. The number of carbonyl (C=O) groups excluding carboxylic acids is 1. The molecule has 4 bridgehead atoms. The molecule has 0 aromatic heterocycles. The van der Waals surface area contributed by atoms with E-state index in [0.717, 1.165) is 75.6 Å². The van der Waals surface area contributed by atoms with Crippen molar-refractivity contribution in [2.75, 3.05) is 24.5 Å². The molecular formula is C24H31ClN2O3S. The highest BCUT2D eigenvalue weighted by Crippen LogP contribution is 2.64. The lowest BCUT2D eigenvalue weighted by molar-refractivity contribution is -0.141. The molecule has 2 aliphatic heterocycles. The summed E-state index contributed by atoms with van der Waals surface area (Å²) in [6.45, 7) is 1.93. The summed E-state index contributed by atoms with van der Waals surface area (Å²) in [5, 5.41) is 0. The van der Waals surface area contributed by atoms with E-state index in [1.54, 1.807) is 10.4 Å². The first-order valence-electron chi connectivity index (χ1n) is 11.9. The lowest BCUT2D eigenvalue weighted by Crippen LogP contribution is -2.59. The van der Waals surface area contributed by atoms with Crippen LogP contribution in [0.15, 0.2) is 23.1 Å². The van der Waals surface area contributed by atoms with E-state index in [1.165, 1.54) is 6.42 Å². The maximum atomic E-state index is 14.0. The Balaban J connectivity index is 1.32. The molecule has 0 unspecified atom stereocenters. The van der Waals surface area contributed by atoms with Gasteiger partial charge in [0.05, 0.1) is 10.3 Å². The second-order valence-electron chi connectivity index (χ2n) is 10.9. The Morgan fingerprint density at radius 2 is 1.71 bits per heavy atom. The van der Waals surface area contributed by atoms with Gasteiger partial charge in [-0.25, -0.2) is 8.42 Å².